The minimum absolute atomic E-state index is 0.716. The lowest BCUT2D eigenvalue weighted by atomic mass is 10.1. The van der Waals surface area contributed by atoms with Crippen molar-refractivity contribution in [2.75, 3.05) is 12.4 Å². The van der Waals surface area contributed by atoms with E-state index in [1.54, 1.807) is 7.11 Å². The highest BCUT2D eigenvalue weighted by atomic mass is 79.9. The van der Waals surface area contributed by atoms with Crippen LogP contribution in [0, 0.1) is 6.92 Å². The smallest absolute Gasteiger partial charge is 0.134 e. The fourth-order valence-electron chi connectivity index (χ4n) is 2.24. The minimum Gasteiger partial charge on any atom is -0.497 e. The molecule has 0 spiro atoms. The van der Waals surface area contributed by atoms with Crippen molar-refractivity contribution < 1.29 is 4.74 Å². The molecule has 23 heavy (non-hydrogen) atoms. The summed E-state index contributed by atoms with van der Waals surface area (Å²) in [6.45, 7) is 1.89. The first-order valence-electron chi connectivity index (χ1n) is 7.17. The molecule has 5 heteroatoms. The van der Waals surface area contributed by atoms with E-state index in [9.17, 15) is 0 Å². The van der Waals surface area contributed by atoms with Gasteiger partial charge in [-0.2, -0.15) is 0 Å². The van der Waals surface area contributed by atoms with Crippen molar-refractivity contribution in [3.05, 3.63) is 64.9 Å². The van der Waals surface area contributed by atoms with Crippen molar-refractivity contribution in [1.29, 1.82) is 0 Å². The van der Waals surface area contributed by atoms with E-state index in [1.165, 1.54) is 0 Å². The van der Waals surface area contributed by atoms with Crippen LogP contribution in [0.4, 0.5) is 11.5 Å². The Hall–Kier alpha value is -2.40. The second-order valence-corrected chi connectivity index (χ2v) is 5.87. The minimum atomic E-state index is 0.716. The lowest BCUT2D eigenvalue weighted by Crippen LogP contribution is -1.99. The average molecular weight is 370 g/mol. The van der Waals surface area contributed by atoms with Crippen LogP contribution in [0.15, 0.2) is 59.1 Å². The van der Waals surface area contributed by atoms with E-state index in [0.29, 0.717) is 5.82 Å². The number of nitrogens with one attached hydrogen (secondary N) is 1. The molecule has 0 fully saturated rings. The van der Waals surface area contributed by atoms with Gasteiger partial charge in [0.2, 0.25) is 0 Å². The molecule has 4 nitrogen and oxygen atoms in total. The average Bonchev–Trinajstić information content (AvgIpc) is 2.56. The van der Waals surface area contributed by atoms with Crippen molar-refractivity contribution in [3.63, 3.8) is 0 Å². The van der Waals surface area contributed by atoms with Gasteiger partial charge in [-0.25, -0.2) is 9.97 Å². The Labute approximate surface area is 143 Å². The normalized spacial score (nSPS) is 10.4. The Balaban J connectivity index is 1.94. The number of para-hydroxylation sites is 1. The monoisotopic (exact) mass is 369 g/mol. The van der Waals surface area contributed by atoms with Gasteiger partial charge in [-0.15, -0.1) is 0 Å². The lowest BCUT2D eigenvalue weighted by Gasteiger charge is -2.10. The molecule has 0 saturated heterocycles. The number of benzene rings is 2. The molecule has 0 atom stereocenters. The second-order valence-electron chi connectivity index (χ2n) is 5.02. The van der Waals surface area contributed by atoms with Gasteiger partial charge in [0.25, 0.3) is 0 Å². The summed E-state index contributed by atoms with van der Waals surface area (Å²) < 4.78 is 6.18. The van der Waals surface area contributed by atoms with Gasteiger partial charge in [-0.3, -0.25) is 0 Å². The molecule has 0 aliphatic carbocycles. The van der Waals surface area contributed by atoms with Crippen molar-refractivity contribution in [3.8, 4) is 17.0 Å². The molecule has 2 aromatic carbocycles. The summed E-state index contributed by atoms with van der Waals surface area (Å²) in [4.78, 5) is 8.98. The number of anilines is 2. The van der Waals surface area contributed by atoms with Crippen LogP contribution >= 0.6 is 15.9 Å². The lowest BCUT2D eigenvalue weighted by molar-refractivity contribution is 0.415. The standard InChI is InChI=1S/C18H16BrN3O/c1-12-20-17(13-7-9-14(23-2)10-8-13)11-18(21-12)22-16-6-4-3-5-15(16)19/h3-11H,1-2H3,(H,20,21,22). The summed E-state index contributed by atoms with van der Waals surface area (Å²) in [5.41, 5.74) is 2.85. The first-order valence-corrected chi connectivity index (χ1v) is 7.96. The third-order valence-electron chi connectivity index (χ3n) is 3.36. The summed E-state index contributed by atoms with van der Waals surface area (Å²) >= 11 is 3.53. The predicted molar refractivity (Wildman–Crippen MR) is 96.2 cm³/mol. The van der Waals surface area contributed by atoms with Crippen molar-refractivity contribution in [2.24, 2.45) is 0 Å². The molecule has 116 valence electrons. The van der Waals surface area contributed by atoms with E-state index in [0.717, 1.165) is 33.0 Å². The number of rotatable bonds is 4. The van der Waals surface area contributed by atoms with Gasteiger partial charge in [-0.05, 0) is 59.3 Å². The van der Waals surface area contributed by atoms with Gasteiger partial charge >= 0.3 is 0 Å². The molecule has 0 amide bonds. The number of ether oxygens (including phenoxy) is 1. The number of hydrogen-bond acceptors (Lipinski definition) is 4. The van der Waals surface area contributed by atoms with Gasteiger partial charge in [0.05, 0.1) is 18.5 Å². The first-order chi connectivity index (χ1) is 11.2. The Morgan fingerprint density at radius 3 is 2.43 bits per heavy atom. The zero-order valence-electron chi connectivity index (χ0n) is 12.9. The number of nitrogens with zero attached hydrogens (tertiary/aromatic N) is 2. The van der Waals surface area contributed by atoms with E-state index >= 15 is 0 Å². The fraction of sp³-hybridized carbons (Fsp3) is 0.111. The maximum absolute atomic E-state index is 5.19. The Bertz CT molecular complexity index is 819. The zero-order chi connectivity index (χ0) is 16.2. The van der Waals surface area contributed by atoms with Crippen LogP contribution < -0.4 is 10.1 Å². The highest BCUT2D eigenvalue weighted by molar-refractivity contribution is 9.10. The van der Waals surface area contributed by atoms with Crippen LogP contribution in [0.5, 0.6) is 5.75 Å². The van der Waals surface area contributed by atoms with E-state index in [-0.39, 0.29) is 0 Å². The van der Waals surface area contributed by atoms with Crippen LogP contribution in [0.3, 0.4) is 0 Å². The van der Waals surface area contributed by atoms with E-state index in [1.807, 2.05) is 61.5 Å². The van der Waals surface area contributed by atoms with Crippen LogP contribution in [0.2, 0.25) is 0 Å². The molecule has 1 heterocycles. The van der Waals surface area contributed by atoms with Gasteiger partial charge in [0.1, 0.15) is 17.4 Å². The van der Waals surface area contributed by atoms with Crippen molar-refractivity contribution in [2.45, 2.75) is 6.92 Å². The quantitative estimate of drug-likeness (QED) is 0.705. The van der Waals surface area contributed by atoms with Gasteiger partial charge < -0.3 is 10.1 Å². The Kier molecular flexibility index (Phi) is 4.57. The van der Waals surface area contributed by atoms with E-state index in [4.69, 9.17) is 4.74 Å². The SMILES string of the molecule is COc1ccc(-c2cc(Nc3ccccc3Br)nc(C)n2)cc1. The molecular weight excluding hydrogens is 354 g/mol. The fourth-order valence-corrected chi connectivity index (χ4v) is 2.63. The molecule has 3 aromatic rings. The molecule has 3 rings (SSSR count). The van der Waals surface area contributed by atoms with Crippen LogP contribution in [-0.2, 0) is 0 Å². The summed E-state index contributed by atoms with van der Waals surface area (Å²) in [6, 6.07) is 17.7. The van der Waals surface area contributed by atoms with Crippen LogP contribution in [0.1, 0.15) is 5.82 Å². The summed E-state index contributed by atoms with van der Waals surface area (Å²) in [7, 11) is 1.66. The second kappa shape index (κ2) is 6.79. The molecule has 0 aliphatic rings. The number of aryl methyl sites for hydroxylation is 1. The Morgan fingerprint density at radius 2 is 1.74 bits per heavy atom. The van der Waals surface area contributed by atoms with Gasteiger partial charge in [-0.1, -0.05) is 12.1 Å². The van der Waals surface area contributed by atoms with E-state index in [2.05, 4.69) is 31.2 Å². The molecule has 0 aliphatic heterocycles. The maximum atomic E-state index is 5.19. The summed E-state index contributed by atoms with van der Waals surface area (Å²) in [5, 5.41) is 3.32. The molecule has 0 bridgehead atoms. The van der Waals surface area contributed by atoms with Crippen LogP contribution in [0.25, 0.3) is 11.3 Å². The Morgan fingerprint density at radius 1 is 1.00 bits per heavy atom. The zero-order valence-corrected chi connectivity index (χ0v) is 14.5. The number of methoxy groups -OCH3 is 1. The highest BCUT2D eigenvalue weighted by Gasteiger charge is 2.06. The molecule has 0 saturated carbocycles. The molecule has 0 unspecified atom stereocenters. The number of hydrogen-bond donors (Lipinski definition) is 1. The number of halogens is 1. The molecular formula is C18H16BrN3O. The third-order valence-corrected chi connectivity index (χ3v) is 4.05. The molecule has 1 N–H and O–H groups in total. The maximum Gasteiger partial charge on any atom is 0.134 e. The first kappa shape index (κ1) is 15.5. The third kappa shape index (κ3) is 3.68. The van der Waals surface area contributed by atoms with Gasteiger partial charge in [0, 0.05) is 16.1 Å². The van der Waals surface area contributed by atoms with Crippen molar-refractivity contribution in [1.82, 2.24) is 9.97 Å². The number of aromatic nitrogens is 2. The van der Waals surface area contributed by atoms with Crippen LogP contribution in [-0.4, -0.2) is 17.1 Å². The molecule has 0 radical (unpaired) electrons. The largest absolute Gasteiger partial charge is 0.497 e. The topological polar surface area (TPSA) is 47.0 Å². The highest BCUT2D eigenvalue weighted by Crippen LogP contribution is 2.27. The molecule has 1 aromatic heterocycles. The van der Waals surface area contributed by atoms with E-state index < -0.39 is 0 Å². The summed E-state index contributed by atoms with van der Waals surface area (Å²) in [5.74, 6) is 2.30. The van der Waals surface area contributed by atoms with Crippen molar-refractivity contribution >= 4 is 27.4 Å². The predicted octanol–water partition coefficient (Wildman–Crippen LogP) is 4.97. The summed E-state index contributed by atoms with van der Waals surface area (Å²) in [6.07, 6.45) is 0. The van der Waals surface area contributed by atoms with Gasteiger partial charge in [0.15, 0.2) is 0 Å².